The zero-order chi connectivity index (χ0) is 12.5. The number of hydrogen-bond donors (Lipinski definition) is 1. The molecule has 2 nitrogen and oxygen atoms in total. The summed E-state index contributed by atoms with van der Waals surface area (Å²) in [7, 11) is 0. The van der Waals surface area contributed by atoms with E-state index in [4.69, 9.17) is 0 Å². The fourth-order valence-corrected chi connectivity index (χ4v) is 3.99. The van der Waals surface area contributed by atoms with Crippen molar-refractivity contribution in [1.82, 2.24) is 0 Å². The Hall–Kier alpha value is -0.480. The third-order valence-corrected chi connectivity index (χ3v) is 5.64. The van der Waals surface area contributed by atoms with Gasteiger partial charge >= 0.3 is 5.97 Å². The van der Waals surface area contributed by atoms with Crippen LogP contribution in [0, 0.1) is 5.92 Å². The normalized spacial score (nSPS) is 28.2. The lowest BCUT2D eigenvalue weighted by Gasteiger charge is -2.28. The standard InChI is InChI=1S/C13H15BrO2S/c1-9-3-2-8-13(9,12(15)16)17-11-6-4-10(14)5-7-11/h4-7,9H,2-3,8H2,1H3,(H,15,16). The first-order chi connectivity index (χ1) is 8.04. The highest BCUT2D eigenvalue weighted by molar-refractivity contribution is 9.10. The lowest BCUT2D eigenvalue weighted by atomic mass is 9.97. The van der Waals surface area contributed by atoms with Gasteiger partial charge in [0.25, 0.3) is 0 Å². The zero-order valence-corrected chi connectivity index (χ0v) is 12.1. The Labute approximate surface area is 114 Å². The Morgan fingerprint density at radius 3 is 2.59 bits per heavy atom. The Bertz CT molecular complexity index is 418. The van der Waals surface area contributed by atoms with Crippen LogP contribution in [-0.2, 0) is 4.79 Å². The highest BCUT2D eigenvalue weighted by atomic mass is 79.9. The van der Waals surface area contributed by atoms with Crippen LogP contribution in [0.5, 0.6) is 0 Å². The van der Waals surface area contributed by atoms with Crippen molar-refractivity contribution in [3.05, 3.63) is 28.7 Å². The van der Waals surface area contributed by atoms with E-state index in [1.807, 2.05) is 31.2 Å². The lowest BCUT2D eigenvalue weighted by molar-refractivity contribution is -0.140. The largest absolute Gasteiger partial charge is 0.480 e. The number of benzene rings is 1. The summed E-state index contributed by atoms with van der Waals surface area (Å²) in [5.74, 6) is -0.441. The Morgan fingerprint density at radius 1 is 1.47 bits per heavy atom. The van der Waals surface area contributed by atoms with Crippen LogP contribution in [0.3, 0.4) is 0 Å². The molecule has 2 atom stereocenters. The molecule has 1 aliphatic carbocycles. The fraction of sp³-hybridized carbons (Fsp3) is 0.462. The Balaban J connectivity index is 2.24. The Morgan fingerprint density at radius 2 is 2.12 bits per heavy atom. The van der Waals surface area contributed by atoms with E-state index in [0.717, 1.165) is 28.6 Å². The monoisotopic (exact) mass is 314 g/mol. The molecule has 0 heterocycles. The summed E-state index contributed by atoms with van der Waals surface area (Å²) in [5.41, 5.74) is 0. The maximum absolute atomic E-state index is 11.6. The van der Waals surface area contributed by atoms with E-state index in [-0.39, 0.29) is 5.92 Å². The van der Waals surface area contributed by atoms with Crippen LogP contribution in [0.1, 0.15) is 26.2 Å². The summed E-state index contributed by atoms with van der Waals surface area (Å²) in [6.07, 6.45) is 2.79. The number of rotatable bonds is 3. The molecular formula is C13H15BrO2S. The second-order valence-corrected chi connectivity index (χ2v) is 6.86. The number of carboxylic acids is 1. The maximum atomic E-state index is 11.6. The molecule has 1 fully saturated rings. The quantitative estimate of drug-likeness (QED) is 0.909. The van der Waals surface area contributed by atoms with Crippen molar-refractivity contribution >= 4 is 33.7 Å². The number of halogens is 1. The molecule has 1 aromatic carbocycles. The van der Waals surface area contributed by atoms with E-state index >= 15 is 0 Å². The molecule has 1 aliphatic rings. The van der Waals surface area contributed by atoms with Crippen LogP contribution in [0.2, 0.25) is 0 Å². The SMILES string of the molecule is CC1CCCC1(Sc1ccc(Br)cc1)C(=O)O. The molecule has 4 heteroatoms. The summed E-state index contributed by atoms with van der Waals surface area (Å²) in [6.45, 7) is 2.05. The van der Waals surface area contributed by atoms with Crippen LogP contribution >= 0.6 is 27.7 Å². The highest BCUT2D eigenvalue weighted by Gasteiger charge is 2.47. The van der Waals surface area contributed by atoms with Gasteiger partial charge in [-0.05, 0) is 43.0 Å². The van der Waals surface area contributed by atoms with Crippen LogP contribution in [-0.4, -0.2) is 15.8 Å². The molecule has 2 rings (SSSR count). The van der Waals surface area contributed by atoms with E-state index in [2.05, 4.69) is 15.9 Å². The molecule has 0 radical (unpaired) electrons. The molecule has 17 heavy (non-hydrogen) atoms. The topological polar surface area (TPSA) is 37.3 Å². The molecule has 1 aromatic rings. The lowest BCUT2D eigenvalue weighted by Crippen LogP contribution is -2.37. The van der Waals surface area contributed by atoms with Gasteiger partial charge in [-0.3, -0.25) is 4.79 Å². The molecule has 2 unspecified atom stereocenters. The fourth-order valence-electron chi connectivity index (χ4n) is 2.38. The Kier molecular flexibility index (Phi) is 3.83. The summed E-state index contributed by atoms with van der Waals surface area (Å²) in [5, 5.41) is 9.52. The first-order valence-corrected chi connectivity index (χ1v) is 7.33. The molecule has 0 aliphatic heterocycles. The van der Waals surface area contributed by atoms with Crippen molar-refractivity contribution in [1.29, 1.82) is 0 Å². The van der Waals surface area contributed by atoms with Gasteiger partial charge in [0.05, 0.1) is 0 Å². The molecule has 1 saturated carbocycles. The summed E-state index contributed by atoms with van der Waals surface area (Å²) in [4.78, 5) is 12.6. The van der Waals surface area contributed by atoms with E-state index in [9.17, 15) is 9.90 Å². The van der Waals surface area contributed by atoms with Crippen LogP contribution in [0.4, 0.5) is 0 Å². The molecule has 0 spiro atoms. The number of carboxylic acid groups (broad SMARTS) is 1. The van der Waals surface area contributed by atoms with Crippen molar-refractivity contribution in [3.63, 3.8) is 0 Å². The molecule has 0 aromatic heterocycles. The minimum absolute atomic E-state index is 0.230. The molecule has 1 N–H and O–H groups in total. The van der Waals surface area contributed by atoms with Gasteiger partial charge in [0.2, 0.25) is 0 Å². The summed E-state index contributed by atoms with van der Waals surface area (Å²) < 4.78 is 0.388. The van der Waals surface area contributed by atoms with Gasteiger partial charge in [-0.15, -0.1) is 11.8 Å². The number of hydrogen-bond acceptors (Lipinski definition) is 2. The highest BCUT2D eigenvalue weighted by Crippen LogP contribution is 2.49. The van der Waals surface area contributed by atoms with Gasteiger partial charge in [-0.1, -0.05) is 29.3 Å². The van der Waals surface area contributed by atoms with Crippen molar-refractivity contribution in [2.45, 2.75) is 35.8 Å². The van der Waals surface area contributed by atoms with Crippen molar-refractivity contribution in [3.8, 4) is 0 Å². The van der Waals surface area contributed by atoms with Gasteiger partial charge in [-0.25, -0.2) is 0 Å². The van der Waals surface area contributed by atoms with Crippen molar-refractivity contribution in [2.24, 2.45) is 5.92 Å². The first-order valence-electron chi connectivity index (χ1n) is 5.72. The van der Waals surface area contributed by atoms with E-state index in [1.54, 1.807) is 0 Å². The van der Waals surface area contributed by atoms with E-state index in [0.29, 0.717) is 0 Å². The smallest absolute Gasteiger partial charge is 0.320 e. The minimum Gasteiger partial charge on any atom is -0.480 e. The molecule has 92 valence electrons. The second kappa shape index (κ2) is 5.02. The first kappa shape index (κ1) is 13.0. The van der Waals surface area contributed by atoms with Gasteiger partial charge in [0.1, 0.15) is 4.75 Å². The maximum Gasteiger partial charge on any atom is 0.320 e. The van der Waals surface area contributed by atoms with Crippen molar-refractivity contribution < 1.29 is 9.90 Å². The zero-order valence-electron chi connectivity index (χ0n) is 9.65. The average molecular weight is 315 g/mol. The van der Waals surface area contributed by atoms with Crippen LogP contribution in [0.15, 0.2) is 33.6 Å². The van der Waals surface area contributed by atoms with Crippen molar-refractivity contribution in [2.75, 3.05) is 0 Å². The predicted octanol–water partition coefficient (Wildman–Crippen LogP) is 4.18. The van der Waals surface area contributed by atoms with Crippen LogP contribution < -0.4 is 0 Å². The number of carbonyl (C=O) groups is 1. The predicted molar refractivity (Wildman–Crippen MR) is 73.4 cm³/mol. The van der Waals surface area contributed by atoms with E-state index < -0.39 is 10.7 Å². The number of thioether (sulfide) groups is 1. The van der Waals surface area contributed by atoms with Gasteiger partial charge < -0.3 is 5.11 Å². The molecule has 0 bridgehead atoms. The van der Waals surface area contributed by atoms with Crippen LogP contribution in [0.25, 0.3) is 0 Å². The summed E-state index contributed by atoms with van der Waals surface area (Å²) >= 11 is 4.89. The third-order valence-electron chi connectivity index (χ3n) is 3.46. The molecule has 0 amide bonds. The number of aliphatic carboxylic acids is 1. The van der Waals surface area contributed by atoms with Gasteiger partial charge in [0, 0.05) is 9.37 Å². The van der Waals surface area contributed by atoms with Gasteiger partial charge in [0.15, 0.2) is 0 Å². The molecular weight excluding hydrogens is 300 g/mol. The second-order valence-electron chi connectivity index (χ2n) is 4.54. The minimum atomic E-state index is -0.671. The summed E-state index contributed by atoms with van der Waals surface area (Å²) in [6, 6.07) is 7.87. The third kappa shape index (κ3) is 2.52. The average Bonchev–Trinajstić information content (AvgIpc) is 2.65. The molecule has 0 saturated heterocycles. The van der Waals surface area contributed by atoms with E-state index in [1.165, 1.54) is 11.8 Å². The van der Waals surface area contributed by atoms with Gasteiger partial charge in [-0.2, -0.15) is 0 Å².